The Morgan fingerprint density at radius 3 is 2.29 bits per heavy atom. The highest BCUT2D eigenvalue weighted by Gasteiger charge is 2.29. The van der Waals surface area contributed by atoms with Crippen LogP contribution in [0, 0.1) is 5.92 Å². The van der Waals surface area contributed by atoms with Gasteiger partial charge in [-0.05, 0) is 56.4 Å². The Bertz CT molecular complexity index is 548. The first-order valence-electron chi connectivity index (χ1n) is 8.85. The minimum Gasteiger partial charge on any atom is -0.494 e. The number of ether oxygens (including phenoxy) is 1. The molecule has 0 spiro atoms. The molecule has 1 heterocycles. The minimum absolute atomic E-state index is 0.0315. The topological polar surface area (TPSA) is 58.6 Å². The third-order valence-corrected chi connectivity index (χ3v) is 4.31. The fourth-order valence-electron chi connectivity index (χ4n) is 2.92. The number of rotatable bonds is 6. The van der Waals surface area contributed by atoms with Crippen molar-refractivity contribution in [3.8, 4) is 5.75 Å². The monoisotopic (exact) mass is 332 g/mol. The zero-order chi connectivity index (χ0) is 17.5. The summed E-state index contributed by atoms with van der Waals surface area (Å²) in [6, 6.07) is 6.51. The Kier molecular flexibility index (Phi) is 6.64. The maximum atomic E-state index is 12.7. The van der Waals surface area contributed by atoms with Gasteiger partial charge in [0.15, 0.2) is 0 Å². The highest BCUT2D eigenvalue weighted by Crippen LogP contribution is 2.15. The molecule has 0 aliphatic carbocycles. The smallest absolute Gasteiger partial charge is 0.251 e. The summed E-state index contributed by atoms with van der Waals surface area (Å²) in [6.07, 6.45) is 3.27. The van der Waals surface area contributed by atoms with Gasteiger partial charge >= 0.3 is 0 Å². The molecule has 1 fully saturated rings. The van der Waals surface area contributed by atoms with Gasteiger partial charge in [0, 0.05) is 18.7 Å². The summed E-state index contributed by atoms with van der Waals surface area (Å²) in [5.74, 6) is 0.594. The number of amides is 2. The van der Waals surface area contributed by atoms with Gasteiger partial charge in [-0.1, -0.05) is 13.8 Å². The highest BCUT2D eigenvalue weighted by molar-refractivity contribution is 5.97. The lowest BCUT2D eigenvalue weighted by molar-refractivity contribution is -0.135. The van der Waals surface area contributed by atoms with Crippen molar-refractivity contribution in [1.82, 2.24) is 10.2 Å². The Labute approximate surface area is 144 Å². The van der Waals surface area contributed by atoms with E-state index in [2.05, 4.69) is 5.32 Å². The average molecular weight is 332 g/mol. The molecule has 5 heteroatoms. The molecule has 2 rings (SSSR count). The highest BCUT2D eigenvalue weighted by atomic mass is 16.5. The molecule has 0 aromatic heterocycles. The van der Waals surface area contributed by atoms with Gasteiger partial charge in [-0.2, -0.15) is 0 Å². The number of hydrogen-bond donors (Lipinski definition) is 1. The second kappa shape index (κ2) is 8.71. The molecule has 1 aliphatic rings. The first-order chi connectivity index (χ1) is 11.5. The fraction of sp³-hybridized carbons (Fsp3) is 0.579. The Hall–Kier alpha value is -2.04. The molecule has 2 amide bonds. The van der Waals surface area contributed by atoms with Crippen molar-refractivity contribution in [2.45, 2.75) is 46.1 Å². The third-order valence-electron chi connectivity index (χ3n) is 4.31. The SMILES string of the molecule is CCOc1ccc(C(=O)N[C@H](C(=O)N2CCCCC2)C(C)C)cc1. The first-order valence-corrected chi connectivity index (χ1v) is 8.85. The lowest BCUT2D eigenvalue weighted by atomic mass is 10.0. The summed E-state index contributed by atoms with van der Waals surface area (Å²) in [4.78, 5) is 27.1. The van der Waals surface area contributed by atoms with E-state index < -0.39 is 6.04 Å². The molecule has 1 atom stereocenters. The van der Waals surface area contributed by atoms with Gasteiger partial charge in [-0.15, -0.1) is 0 Å². The van der Waals surface area contributed by atoms with Crippen LogP contribution in [-0.4, -0.2) is 42.5 Å². The summed E-state index contributed by atoms with van der Waals surface area (Å²) in [6.45, 7) is 8.02. The van der Waals surface area contributed by atoms with Gasteiger partial charge in [0.25, 0.3) is 5.91 Å². The van der Waals surface area contributed by atoms with Crippen molar-refractivity contribution in [2.24, 2.45) is 5.92 Å². The van der Waals surface area contributed by atoms with E-state index in [1.165, 1.54) is 6.42 Å². The molecule has 0 unspecified atom stereocenters. The van der Waals surface area contributed by atoms with Crippen LogP contribution in [0.1, 0.15) is 50.4 Å². The summed E-state index contributed by atoms with van der Waals surface area (Å²) >= 11 is 0. The summed E-state index contributed by atoms with van der Waals surface area (Å²) in [7, 11) is 0. The zero-order valence-corrected chi connectivity index (χ0v) is 14.9. The molecule has 24 heavy (non-hydrogen) atoms. The van der Waals surface area contributed by atoms with Gasteiger partial charge < -0.3 is 15.0 Å². The van der Waals surface area contributed by atoms with Gasteiger partial charge in [-0.25, -0.2) is 0 Å². The van der Waals surface area contributed by atoms with Crippen LogP contribution in [0.4, 0.5) is 0 Å². The quantitative estimate of drug-likeness (QED) is 0.871. The second-order valence-electron chi connectivity index (χ2n) is 6.54. The average Bonchev–Trinajstić information content (AvgIpc) is 2.60. The van der Waals surface area contributed by atoms with Crippen molar-refractivity contribution < 1.29 is 14.3 Å². The number of nitrogens with one attached hydrogen (secondary N) is 1. The van der Waals surface area contributed by atoms with E-state index >= 15 is 0 Å². The van der Waals surface area contributed by atoms with Gasteiger partial charge in [0.1, 0.15) is 11.8 Å². The van der Waals surface area contributed by atoms with Crippen LogP contribution in [0.15, 0.2) is 24.3 Å². The first kappa shape index (κ1) is 18.3. The predicted molar refractivity (Wildman–Crippen MR) is 94.1 cm³/mol. The molecule has 1 N–H and O–H groups in total. The lowest BCUT2D eigenvalue weighted by Gasteiger charge is -2.32. The standard InChI is InChI=1S/C19H28N2O3/c1-4-24-16-10-8-15(9-11-16)18(22)20-17(14(2)3)19(23)21-12-6-5-7-13-21/h8-11,14,17H,4-7,12-13H2,1-3H3,(H,20,22)/t17-/m0/s1. The van der Waals surface area contributed by atoms with E-state index in [4.69, 9.17) is 4.74 Å². The van der Waals surface area contributed by atoms with Crippen LogP contribution in [0.25, 0.3) is 0 Å². The molecule has 132 valence electrons. The van der Waals surface area contributed by atoms with Crippen LogP contribution in [0.2, 0.25) is 0 Å². The summed E-state index contributed by atoms with van der Waals surface area (Å²) in [5, 5.41) is 2.91. The van der Waals surface area contributed by atoms with Crippen LogP contribution < -0.4 is 10.1 Å². The summed E-state index contributed by atoms with van der Waals surface area (Å²) in [5.41, 5.74) is 0.538. The van der Waals surface area contributed by atoms with Crippen molar-refractivity contribution in [1.29, 1.82) is 0 Å². The molecule has 1 saturated heterocycles. The van der Waals surface area contributed by atoms with E-state index in [0.29, 0.717) is 12.2 Å². The molecule has 1 aliphatic heterocycles. The van der Waals surface area contributed by atoms with Gasteiger partial charge in [0.2, 0.25) is 5.91 Å². The Balaban J connectivity index is 2.03. The van der Waals surface area contributed by atoms with Crippen molar-refractivity contribution >= 4 is 11.8 Å². The summed E-state index contributed by atoms with van der Waals surface area (Å²) < 4.78 is 5.38. The van der Waals surface area contributed by atoms with Crippen LogP contribution in [-0.2, 0) is 4.79 Å². The van der Waals surface area contributed by atoms with E-state index in [1.54, 1.807) is 24.3 Å². The molecular weight excluding hydrogens is 304 g/mol. The number of likely N-dealkylation sites (tertiary alicyclic amines) is 1. The molecule has 0 radical (unpaired) electrons. The largest absolute Gasteiger partial charge is 0.494 e. The normalized spacial score (nSPS) is 15.9. The van der Waals surface area contributed by atoms with E-state index in [9.17, 15) is 9.59 Å². The van der Waals surface area contributed by atoms with Gasteiger partial charge in [0.05, 0.1) is 6.61 Å². The predicted octanol–water partition coefficient (Wildman–Crippen LogP) is 2.85. The lowest BCUT2D eigenvalue weighted by Crippen LogP contribution is -2.52. The number of nitrogens with zero attached hydrogens (tertiary/aromatic N) is 1. The molecular formula is C19H28N2O3. The Morgan fingerprint density at radius 1 is 1.12 bits per heavy atom. The number of hydrogen-bond acceptors (Lipinski definition) is 3. The Morgan fingerprint density at radius 2 is 1.75 bits per heavy atom. The van der Waals surface area contributed by atoms with Crippen LogP contribution in [0.3, 0.4) is 0 Å². The fourth-order valence-corrected chi connectivity index (χ4v) is 2.92. The van der Waals surface area contributed by atoms with E-state index in [-0.39, 0.29) is 17.7 Å². The maximum Gasteiger partial charge on any atom is 0.251 e. The number of benzene rings is 1. The zero-order valence-electron chi connectivity index (χ0n) is 14.9. The van der Waals surface area contributed by atoms with E-state index in [0.717, 1.165) is 31.7 Å². The van der Waals surface area contributed by atoms with Crippen molar-refractivity contribution in [3.05, 3.63) is 29.8 Å². The van der Waals surface area contributed by atoms with Crippen LogP contribution >= 0.6 is 0 Å². The van der Waals surface area contributed by atoms with Gasteiger partial charge in [-0.3, -0.25) is 9.59 Å². The molecule has 5 nitrogen and oxygen atoms in total. The molecule has 0 saturated carbocycles. The number of carbonyl (C=O) groups excluding carboxylic acids is 2. The maximum absolute atomic E-state index is 12.7. The third kappa shape index (κ3) is 4.73. The number of carbonyl (C=O) groups is 2. The minimum atomic E-state index is -0.484. The number of piperidine rings is 1. The molecule has 1 aromatic rings. The molecule has 1 aromatic carbocycles. The van der Waals surface area contributed by atoms with Crippen LogP contribution in [0.5, 0.6) is 5.75 Å². The van der Waals surface area contributed by atoms with Crippen molar-refractivity contribution in [2.75, 3.05) is 19.7 Å². The van der Waals surface area contributed by atoms with Crippen molar-refractivity contribution in [3.63, 3.8) is 0 Å². The van der Waals surface area contributed by atoms with E-state index in [1.807, 2.05) is 25.7 Å². The molecule has 0 bridgehead atoms. The second-order valence-corrected chi connectivity index (χ2v) is 6.54.